The summed E-state index contributed by atoms with van der Waals surface area (Å²) in [5.74, 6) is 1.82. The third-order valence-electron chi connectivity index (χ3n) is 4.51. The van der Waals surface area contributed by atoms with Crippen molar-refractivity contribution in [1.82, 2.24) is 15.5 Å². The highest BCUT2D eigenvalue weighted by molar-refractivity contribution is 7.99. The highest BCUT2D eigenvalue weighted by Gasteiger charge is 2.10. The Morgan fingerprint density at radius 1 is 1.17 bits per heavy atom. The first kappa shape index (κ1) is 21.9. The number of nitrogens with one attached hydrogen (secondary N) is 1. The molecule has 0 saturated heterocycles. The number of amides is 1. The van der Waals surface area contributed by atoms with Crippen molar-refractivity contribution >= 4 is 17.7 Å². The zero-order valence-electron chi connectivity index (χ0n) is 17.6. The van der Waals surface area contributed by atoms with Crippen LogP contribution in [0.2, 0.25) is 0 Å². The van der Waals surface area contributed by atoms with Crippen LogP contribution in [-0.4, -0.2) is 28.4 Å². The van der Waals surface area contributed by atoms with Gasteiger partial charge in [0.2, 0.25) is 5.91 Å². The summed E-state index contributed by atoms with van der Waals surface area (Å²) in [5, 5.41) is 11.2. The second kappa shape index (κ2) is 10.8. The molecule has 6 nitrogen and oxygen atoms in total. The molecule has 0 bridgehead atoms. The lowest BCUT2D eigenvalue weighted by atomic mass is 10.0. The number of carbonyl (C=O) groups excluding carboxylic acids is 1. The number of benzene rings is 2. The Balaban J connectivity index is 1.35. The van der Waals surface area contributed by atoms with Crippen LogP contribution in [0, 0.1) is 6.92 Å². The molecule has 3 aromatic rings. The SMILES string of the molecule is Cc1cccc(OCc2nnc(SCC(=O)NCCc3ccc(C(C)C)cc3)o2)c1. The fourth-order valence-corrected chi connectivity index (χ4v) is 3.41. The molecule has 0 aliphatic rings. The molecule has 0 atom stereocenters. The van der Waals surface area contributed by atoms with Gasteiger partial charge in [-0.1, -0.05) is 62.0 Å². The van der Waals surface area contributed by atoms with Crippen LogP contribution in [0.1, 0.15) is 42.3 Å². The third kappa shape index (κ3) is 6.91. The van der Waals surface area contributed by atoms with E-state index in [2.05, 4.69) is 53.6 Å². The molecule has 30 heavy (non-hydrogen) atoms. The van der Waals surface area contributed by atoms with Gasteiger partial charge in [-0.2, -0.15) is 0 Å². The molecule has 0 spiro atoms. The molecule has 7 heteroatoms. The van der Waals surface area contributed by atoms with Gasteiger partial charge in [0.1, 0.15) is 5.75 Å². The molecule has 1 N–H and O–H groups in total. The van der Waals surface area contributed by atoms with Crippen LogP contribution >= 0.6 is 11.8 Å². The Morgan fingerprint density at radius 2 is 1.97 bits per heavy atom. The van der Waals surface area contributed by atoms with E-state index in [0.29, 0.717) is 23.6 Å². The predicted octanol–water partition coefficient (Wildman–Crippen LogP) is 4.53. The highest BCUT2D eigenvalue weighted by atomic mass is 32.2. The fourth-order valence-electron chi connectivity index (χ4n) is 2.80. The van der Waals surface area contributed by atoms with E-state index in [1.165, 1.54) is 22.9 Å². The van der Waals surface area contributed by atoms with E-state index in [4.69, 9.17) is 9.15 Å². The topological polar surface area (TPSA) is 77.2 Å². The molecule has 0 fully saturated rings. The maximum atomic E-state index is 12.1. The van der Waals surface area contributed by atoms with Crippen molar-refractivity contribution in [2.75, 3.05) is 12.3 Å². The number of nitrogens with zero attached hydrogens (tertiary/aromatic N) is 2. The quantitative estimate of drug-likeness (QED) is 0.481. The van der Waals surface area contributed by atoms with Gasteiger partial charge in [-0.25, -0.2) is 0 Å². The molecule has 0 unspecified atom stereocenters. The first-order valence-electron chi connectivity index (χ1n) is 10.00. The van der Waals surface area contributed by atoms with E-state index in [1.54, 1.807) is 0 Å². The Morgan fingerprint density at radius 3 is 2.70 bits per heavy atom. The summed E-state index contributed by atoms with van der Waals surface area (Å²) in [6.45, 7) is 7.15. The van der Waals surface area contributed by atoms with Crippen LogP contribution in [-0.2, 0) is 17.8 Å². The maximum Gasteiger partial charge on any atom is 0.277 e. The second-order valence-corrected chi connectivity index (χ2v) is 8.28. The summed E-state index contributed by atoms with van der Waals surface area (Å²) in [5.41, 5.74) is 3.65. The normalized spacial score (nSPS) is 10.9. The minimum absolute atomic E-state index is 0.0606. The van der Waals surface area contributed by atoms with Gasteiger partial charge >= 0.3 is 0 Å². The van der Waals surface area contributed by atoms with Crippen LogP contribution in [0.15, 0.2) is 58.2 Å². The van der Waals surface area contributed by atoms with Gasteiger partial charge in [-0.05, 0) is 48.1 Å². The average molecular weight is 426 g/mol. The van der Waals surface area contributed by atoms with E-state index in [0.717, 1.165) is 17.7 Å². The predicted molar refractivity (Wildman–Crippen MR) is 118 cm³/mol. The van der Waals surface area contributed by atoms with Crippen molar-refractivity contribution < 1.29 is 13.9 Å². The zero-order valence-corrected chi connectivity index (χ0v) is 18.4. The lowest BCUT2D eigenvalue weighted by Gasteiger charge is -2.07. The van der Waals surface area contributed by atoms with Gasteiger partial charge in [0, 0.05) is 6.54 Å². The molecule has 0 radical (unpaired) electrons. The van der Waals surface area contributed by atoms with Crippen molar-refractivity contribution in [3.8, 4) is 5.75 Å². The van der Waals surface area contributed by atoms with Crippen LogP contribution in [0.3, 0.4) is 0 Å². The van der Waals surface area contributed by atoms with Crippen LogP contribution in [0.4, 0.5) is 0 Å². The van der Waals surface area contributed by atoms with Crippen molar-refractivity contribution in [2.24, 2.45) is 0 Å². The number of aromatic nitrogens is 2. The largest absolute Gasteiger partial charge is 0.484 e. The van der Waals surface area contributed by atoms with E-state index in [9.17, 15) is 4.79 Å². The van der Waals surface area contributed by atoms with Crippen LogP contribution < -0.4 is 10.1 Å². The zero-order chi connectivity index (χ0) is 21.3. The maximum absolute atomic E-state index is 12.1. The monoisotopic (exact) mass is 425 g/mol. The highest BCUT2D eigenvalue weighted by Crippen LogP contribution is 2.18. The average Bonchev–Trinajstić information content (AvgIpc) is 3.19. The van der Waals surface area contributed by atoms with Gasteiger partial charge in [-0.15, -0.1) is 10.2 Å². The molecule has 1 amide bonds. The van der Waals surface area contributed by atoms with E-state index in [1.807, 2.05) is 31.2 Å². The van der Waals surface area contributed by atoms with Gasteiger partial charge in [-0.3, -0.25) is 4.79 Å². The minimum Gasteiger partial charge on any atom is -0.484 e. The summed E-state index contributed by atoms with van der Waals surface area (Å²) in [6.07, 6.45) is 0.801. The lowest BCUT2D eigenvalue weighted by Crippen LogP contribution is -2.27. The molecule has 2 aromatic carbocycles. The van der Waals surface area contributed by atoms with Crippen molar-refractivity contribution in [3.05, 3.63) is 71.1 Å². The standard InChI is InChI=1S/C23H27N3O3S/c1-16(2)19-9-7-18(8-10-19)11-12-24-21(27)15-30-23-26-25-22(29-23)14-28-20-6-4-5-17(3)13-20/h4-10,13,16H,11-12,14-15H2,1-3H3,(H,24,27). The molecule has 1 heterocycles. The smallest absolute Gasteiger partial charge is 0.277 e. The number of hydrogen-bond donors (Lipinski definition) is 1. The van der Waals surface area contributed by atoms with Gasteiger partial charge in [0.05, 0.1) is 5.75 Å². The van der Waals surface area contributed by atoms with Crippen molar-refractivity contribution in [1.29, 1.82) is 0 Å². The van der Waals surface area contributed by atoms with E-state index in [-0.39, 0.29) is 18.3 Å². The minimum atomic E-state index is -0.0606. The number of carbonyl (C=O) groups is 1. The fraction of sp³-hybridized carbons (Fsp3) is 0.348. The Labute approximate surface area is 181 Å². The first-order chi connectivity index (χ1) is 14.5. The van der Waals surface area contributed by atoms with E-state index < -0.39 is 0 Å². The lowest BCUT2D eigenvalue weighted by molar-refractivity contribution is -0.118. The Hall–Kier alpha value is -2.80. The van der Waals surface area contributed by atoms with Crippen LogP contribution in [0.5, 0.6) is 5.75 Å². The molecule has 0 aliphatic heterocycles. The molecule has 1 aromatic heterocycles. The molecular weight excluding hydrogens is 398 g/mol. The number of aryl methyl sites for hydroxylation is 1. The number of hydrogen-bond acceptors (Lipinski definition) is 6. The first-order valence-corrected chi connectivity index (χ1v) is 11.0. The summed E-state index contributed by atoms with van der Waals surface area (Å²) in [7, 11) is 0. The number of ether oxygens (including phenoxy) is 1. The summed E-state index contributed by atoms with van der Waals surface area (Å²) < 4.78 is 11.2. The van der Waals surface area contributed by atoms with E-state index >= 15 is 0 Å². The summed E-state index contributed by atoms with van der Waals surface area (Å²) in [6, 6.07) is 16.3. The Kier molecular flexibility index (Phi) is 7.90. The Bertz CT molecular complexity index is 954. The summed E-state index contributed by atoms with van der Waals surface area (Å²) >= 11 is 1.22. The molecule has 158 valence electrons. The molecule has 3 rings (SSSR count). The van der Waals surface area contributed by atoms with Gasteiger partial charge in [0.15, 0.2) is 6.61 Å². The van der Waals surface area contributed by atoms with Crippen molar-refractivity contribution in [2.45, 2.75) is 44.9 Å². The summed E-state index contributed by atoms with van der Waals surface area (Å²) in [4.78, 5) is 12.1. The van der Waals surface area contributed by atoms with Gasteiger partial charge in [0.25, 0.3) is 11.1 Å². The molecule has 0 saturated carbocycles. The van der Waals surface area contributed by atoms with Crippen LogP contribution in [0.25, 0.3) is 0 Å². The second-order valence-electron chi connectivity index (χ2n) is 7.35. The number of rotatable bonds is 10. The third-order valence-corrected chi connectivity index (χ3v) is 5.33. The molecule has 0 aliphatic carbocycles. The van der Waals surface area contributed by atoms with Gasteiger partial charge < -0.3 is 14.5 Å². The number of thioether (sulfide) groups is 1. The van der Waals surface area contributed by atoms with Crippen molar-refractivity contribution in [3.63, 3.8) is 0 Å². The molecular formula is C23H27N3O3S.